The van der Waals surface area contributed by atoms with Gasteiger partial charge in [-0.05, 0) is 54.1 Å². The largest absolute Gasteiger partial charge is 0.493 e. The van der Waals surface area contributed by atoms with Crippen LogP contribution in [0, 0.1) is 0 Å². The van der Waals surface area contributed by atoms with E-state index in [9.17, 15) is 0 Å². The van der Waals surface area contributed by atoms with Gasteiger partial charge in [0, 0.05) is 38.3 Å². The highest BCUT2D eigenvalue weighted by molar-refractivity contribution is 5.70. The predicted octanol–water partition coefficient (Wildman–Crippen LogP) is 7.02. The second-order valence-electron chi connectivity index (χ2n) is 11.8. The molecule has 0 saturated heterocycles. The van der Waals surface area contributed by atoms with Gasteiger partial charge in [0.25, 0.3) is 0 Å². The van der Waals surface area contributed by atoms with Crippen molar-refractivity contribution in [1.82, 2.24) is 9.97 Å². The highest BCUT2D eigenvalue weighted by Gasteiger charge is 2.19. The molecule has 0 spiro atoms. The minimum absolute atomic E-state index is 0.148. The summed E-state index contributed by atoms with van der Waals surface area (Å²) in [6.07, 6.45) is 3.58. The summed E-state index contributed by atoms with van der Waals surface area (Å²) in [7, 11) is 13.7. The molecular formula is C40H46N4O7. The van der Waals surface area contributed by atoms with Crippen molar-refractivity contribution >= 4 is 11.4 Å². The van der Waals surface area contributed by atoms with Gasteiger partial charge in [0.2, 0.25) is 11.5 Å². The molecule has 0 fully saturated rings. The second-order valence-corrected chi connectivity index (χ2v) is 11.8. The molecule has 0 aliphatic heterocycles. The van der Waals surface area contributed by atoms with Crippen LogP contribution in [0.15, 0.2) is 91.3 Å². The van der Waals surface area contributed by atoms with Crippen LogP contribution in [0.5, 0.6) is 34.5 Å². The van der Waals surface area contributed by atoms with Gasteiger partial charge in [0.05, 0.1) is 90.5 Å². The molecule has 11 nitrogen and oxygen atoms in total. The van der Waals surface area contributed by atoms with Crippen molar-refractivity contribution in [2.24, 2.45) is 0 Å². The smallest absolute Gasteiger partial charge is 0.203 e. The third kappa shape index (κ3) is 8.74. The Bertz CT molecular complexity index is 1690. The van der Waals surface area contributed by atoms with E-state index >= 15 is 0 Å². The number of methoxy groups -OCH3 is 6. The average Bonchev–Trinajstić information content (AvgIpc) is 3.19. The van der Waals surface area contributed by atoms with Crippen molar-refractivity contribution in [3.63, 3.8) is 0 Å². The Labute approximate surface area is 300 Å². The van der Waals surface area contributed by atoms with Crippen LogP contribution in [0.2, 0.25) is 0 Å². The topological polar surface area (TPSA) is 96.9 Å². The van der Waals surface area contributed by atoms with Crippen LogP contribution in [0.1, 0.15) is 5.56 Å². The van der Waals surface area contributed by atoms with Gasteiger partial charge in [-0.3, -0.25) is 9.97 Å². The second kappa shape index (κ2) is 17.3. The van der Waals surface area contributed by atoms with Gasteiger partial charge in [-0.1, -0.05) is 30.3 Å². The molecule has 3 aromatic carbocycles. The molecule has 0 aliphatic rings. The maximum absolute atomic E-state index is 6.54. The summed E-state index contributed by atoms with van der Waals surface area (Å²) < 4.78 is 39.7. The number of likely N-dealkylation sites (N-methyl/N-ethyl adjacent to an activating group) is 2. The molecule has 51 heavy (non-hydrogen) atoms. The Morgan fingerprint density at radius 2 is 0.941 bits per heavy atom. The SMILES string of the molecule is COc1cc(-c2ccc(N(C)CC(CN(C)c3ccc(-c4cc(OC)c(OC)c(OC)c4)nc3)OCc3ccccc3)cn2)cc(OC)c1OC. The molecule has 2 heterocycles. The van der Waals surface area contributed by atoms with Crippen molar-refractivity contribution in [3.05, 3.63) is 96.8 Å². The molecule has 11 heteroatoms. The van der Waals surface area contributed by atoms with Gasteiger partial charge < -0.3 is 43.0 Å². The molecule has 0 saturated carbocycles. The molecule has 268 valence electrons. The first-order valence-electron chi connectivity index (χ1n) is 16.4. The monoisotopic (exact) mass is 694 g/mol. The molecule has 5 rings (SSSR count). The molecule has 0 aliphatic carbocycles. The Morgan fingerprint density at radius 3 is 1.27 bits per heavy atom. The first kappa shape index (κ1) is 36.6. The summed E-state index contributed by atoms with van der Waals surface area (Å²) >= 11 is 0. The maximum atomic E-state index is 6.54. The van der Waals surface area contributed by atoms with Crippen molar-refractivity contribution in [2.75, 3.05) is 79.6 Å². The molecule has 0 radical (unpaired) electrons. The van der Waals surface area contributed by atoms with Crippen LogP contribution in [-0.2, 0) is 11.3 Å². The van der Waals surface area contributed by atoms with Gasteiger partial charge in [-0.15, -0.1) is 0 Å². The number of ether oxygens (including phenoxy) is 7. The van der Waals surface area contributed by atoms with Crippen molar-refractivity contribution in [1.29, 1.82) is 0 Å². The number of hydrogen-bond donors (Lipinski definition) is 0. The van der Waals surface area contributed by atoms with Crippen LogP contribution in [0.4, 0.5) is 11.4 Å². The molecule has 0 amide bonds. The number of hydrogen-bond acceptors (Lipinski definition) is 11. The van der Waals surface area contributed by atoms with E-state index in [1.807, 2.05) is 81.1 Å². The van der Waals surface area contributed by atoms with Crippen LogP contribution in [0.3, 0.4) is 0 Å². The van der Waals surface area contributed by atoms with E-state index in [1.165, 1.54) is 0 Å². The standard InChI is InChI=1S/C40H46N4O7/c1-43(30-14-16-33(41-22-30)28-18-35(45-3)39(49-7)36(19-28)46-4)24-32(51-26-27-12-10-9-11-13-27)25-44(2)31-15-17-34(42-23-31)29-20-37(47-5)40(50-8)38(21-29)48-6/h9-23,32H,24-26H2,1-8H3. The highest BCUT2D eigenvalue weighted by Crippen LogP contribution is 2.42. The first-order valence-corrected chi connectivity index (χ1v) is 16.4. The van der Waals surface area contributed by atoms with Crippen molar-refractivity contribution in [3.8, 4) is 57.0 Å². The molecule has 2 aromatic heterocycles. The van der Waals surface area contributed by atoms with Gasteiger partial charge in [0.1, 0.15) is 0 Å². The van der Waals surface area contributed by atoms with Crippen molar-refractivity contribution in [2.45, 2.75) is 12.7 Å². The Kier molecular flexibility index (Phi) is 12.4. The summed E-state index contributed by atoms with van der Waals surface area (Å²) in [6.45, 7) is 1.74. The number of rotatable bonds is 17. The van der Waals surface area contributed by atoms with E-state index in [0.29, 0.717) is 54.2 Å². The lowest BCUT2D eigenvalue weighted by atomic mass is 10.1. The number of anilines is 2. The van der Waals surface area contributed by atoms with Gasteiger partial charge >= 0.3 is 0 Å². The molecule has 5 aromatic rings. The van der Waals surface area contributed by atoms with Gasteiger partial charge in [-0.25, -0.2) is 0 Å². The van der Waals surface area contributed by atoms with E-state index in [0.717, 1.165) is 39.5 Å². The number of nitrogens with zero attached hydrogens (tertiary/aromatic N) is 4. The third-order valence-electron chi connectivity index (χ3n) is 8.58. The molecule has 0 atom stereocenters. The maximum Gasteiger partial charge on any atom is 0.203 e. The minimum Gasteiger partial charge on any atom is -0.493 e. The molecule has 0 N–H and O–H groups in total. The fraction of sp³-hybridized carbons (Fsp3) is 0.300. The summed E-state index contributed by atoms with van der Waals surface area (Å²) in [6, 6.07) is 25.8. The predicted molar refractivity (Wildman–Crippen MR) is 200 cm³/mol. The van der Waals surface area contributed by atoms with Crippen LogP contribution >= 0.6 is 0 Å². The van der Waals surface area contributed by atoms with Gasteiger partial charge in [-0.2, -0.15) is 0 Å². The number of pyridine rings is 2. The van der Waals surface area contributed by atoms with E-state index in [1.54, 1.807) is 42.7 Å². The minimum atomic E-state index is -0.148. The van der Waals surface area contributed by atoms with Crippen molar-refractivity contribution < 1.29 is 33.2 Å². The molecule has 0 bridgehead atoms. The van der Waals surface area contributed by atoms with Crippen LogP contribution in [-0.4, -0.2) is 85.9 Å². The number of benzene rings is 3. The van der Waals surface area contributed by atoms with E-state index in [2.05, 4.69) is 34.1 Å². The van der Waals surface area contributed by atoms with E-state index in [4.69, 9.17) is 43.1 Å². The zero-order valence-corrected chi connectivity index (χ0v) is 30.5. The van der Waals surface area contributed by atoms with Gasteiger partial charge in [0.15, 0.2) is 23.0 Å². The first-order chi connectivity index (χ1) is 24.8. The summed E-state index contributed by atoms with van der Waals surface area (Å²) in [5.41, 5.74) is 6.30. The zero-order chi connectivity index (χ0) is 36.3. The lowest BCUT2D eigenvalue weighted by Crippen LogP contribution is -2.39. The Morgan fingerprint density at radius 1 is 0.529 bits per heavy atom. The lowest BCUT2D eigenvalue weighted by molar-refractivity contribution is 0.0509. The van der Waals surface area contributed by atoms with Crippen LogP contribution in [0.25, 0.3) is 22.5 Å². The third-order valence-corrected chi connectivity index (χ3v) is 8.58. The summed E-state index contributed by atoms with van der Waals surface area (Å²) in [5, 5.41) is 0. The van der Waals surface area contributed by atoms with E-state index < -0.39 is 0 Å². The average molecular weight is 695 g/mol. The fourth-order valence-corrected chi connectivity index (χ4v) is 5.80. The molecular weight excluding hydrogens is 648 g/mol. The normalized spacial score (nSPS) is 10.8. The summed E-state index contributed by atoms with van der Waals surface area (Å²) in [5.74, 6) is 3.37. The van der Waals surface area contributed by atoms with E-state index in [-0.39, 0.29) is 6.10 Å². The lowest BCUT2D eigenvalue weighted by Gasteiger charge is -2.30. The quantitative estimate of drug-likeness (QED) is 0.101. The summed E-state index contributed by atoms with van der Waals surface area (Å²) in [4.78, 5) is 13.9. The zero-order valence-electron chi connectivity index (χ0n) is 30.5. The van der Waals surface area contributed by atoms with Crippen LogP contribution < -0.4 is 38.2 Å². The number of aromatic nitrogens is 2. The molecule has 0 unspecified atom stereocenters. The Balaban J connectivity index is 1.32. The fourth-order valence-electron chi connectivity index (χ4n) is 5.80. The highest BCUT2D eigenvalue weighted by atomic mass is 16.5. The Hall–Kier alpha value is -5.68.